The molecule has 0 fully saturated rings. The van der Waals surface area contributed by atoms with Crippen LogP contribution in [0.15, 0.2) is 22.8 Å². The van der Waals surface area contributed by atoms with Gasteiger partial charge in [0.1, 0.15) is 5.69 Å². The Kier molecular flexibility index (Phi) is 2.52. The van der Waals surface area contributed by atoms with E-state index in [-0.39, 0.29) is 6.04 Å². The molecule has 1 aliphatic carbocycles. The summed E-state index contributed by atoms with van der Waals surface area (Å²) in [6.07, 6.45) is 2.11. The predicted molar refractivity (Wildman–Crippen MR) is 69.4 cm³/mol. The Morgan fingerprint density at radius 3 is 3.00 bits per heavy atom. The molecular formula is C12H13BrN4. The van der Waals surface area contributed by atoms with Gasteiger partial charge < -0.3 is 5.73 Å². The highest BCUT2D eigenvalue weighted by Gasteiger charge is 2.20. The van der Waals surface area contributed by atoms with Crippen LogP contribution in [0.4, 0.5) is 0 Å². The summed E-state index contributed by atoms with van der Waals surface area (Å²) in [4.78, 5) is 0. The SMILES string of the molecule is Cn1nnc(Br)c1-c1ccc2c(c1)CCC2N. The molecule has 1 unspecified atom stereocenters. The van der Waals surface area contributed by atoms with E-state index in [4.69, 9.17) is 5.73 Å². The molecule has 17 heavy (non-hydrogen) atoms. The molecule has 4 nitrogen and oxygen atoms in total. The summed E-state index contributed by atoms with van der Waals surface area (Å²) < 4.78 is 2.56. The van der Waals surface area contributed by atoms with E-state index in [2.05, 4.69) is 44.4 Å². The van der Waals surface area contributed by atoms with Crippen LogP contribution >= 0.6 is 15.9 Å². The fraction of sp³-hybridized carbons (Fsp3) is 0.333. The third-order valence-corrected chi connectivity index (χ3v) is 3.86. The molecule has 1 heterocycles. The summed E-state index contributed by atoms with van der Waals surface area (Å²) in [6, 6.07) is 6.62. The number of benzene rings is 1. The minimum atomic E-state index is 0.201. The second-order valence-corrected chi connectivity index (χ2v) is 5.16. The Morgan fingerprint density at radius 1 is 1.47 bits per heavy atom. The minimum Gasteiger partial charge on any atom is -0.324 e. The van der Waals surface area contributed by atoms with Crippen molar-refractivity contribution in [3.8, 4) is 11.3 Å². The Bertz CT molecular complexity index is 556. The van der Waals surface area contributed by atoms with E-state index < -0.39 is 0 Å². The van der Waals surface area contributed by atoms with Gasteiger partial charge in [-0.25, -0.2) is 4.68 Å². The predicted octanol–water partition coefficient (Wildman–Crippen LogP) is 2.19. The summed E-state index contributed by atoms with van der Waals surface area (Å²) in [5.74, 6) is 0. The summed E-state index contributed by atoms with van der Waals surface area (Å²) in [7, 11) is 1.89. The van der Waals surface area contributed by atoms with Gasteiger partial charge in [-0.05, 0) is 46.0 Å². The Hall–Kier alpha value is -1.20. The summed E-state index contributed by atoms with van der Waals surface area (Å²) in [5, 5.41) is 8.00. The lowest BCUT2D eigenvalue weighted by Crippen LogP contribution is -2.05. The molecule has 2 N–H and O–H groups in total. The van der Waals surface area contributed by atoms with Crippen molar-refractivity contribution in [3.05, 3.63) is 33.9 Å². The molecule has 2 aromatic rings. The lowest BCUT2D eigenvalue weighted by Gasteiger charge is -2.07. The molecule has 1 aromatic carbocycles. The zero-order valence-corrected chi connectivity index (χ0v) is 11.1. The van der Waals surface area contributed by atoms with Crippen molar-refractivity contribution in [1.82, 2.24) is 15.0 Å². The molecule has 0 saturated heterocycles. The van der Waals surface area contributed by atoms with Crippen molar-refractivity contribution in [3.63, 3.8) is 0 Å². The number of rotatable bonds is 1. The Labute approximate surface area is 108 Å². The maximum atomic E-state index is 6.04. The highest BCUT2D eigenvalue weighted by atomic mass is 79.9. The number of halogens is 1. The van der Waals surface area contributed by atoms with E-state index in [9.17, 15) is 0 Å². The van der Waals surface area contributed by atoms with Crippen LogP contribution in [0.5, 0.6) is 0 Å². The van der Waals surface area contributed by atoms with Crippen LogP contribution in [0.25, 0.3) is 11.3 Å². The van der Waals surface area contributed by atoms with Gasteiger partial charge in [-0.1, -0.05) is 17.3 Å². The molecule has 3 rings (SSSR count). The summed E-state index contributed by atoms with van der Waals surface area (Å²) in [6.45, 7) is 0. The van der Waals surface area contributed by atoms with Crippen molar-refractivity contribution >= 4 is 15.9 Å². The number of hydrogen-bond acceptors (Lipinski definition) is 3. The van der Waals surface area contributed by atoms with E-state index in [1.165, 1.54) is 11.1 Å². The van der Waals surface area contributed by atoms with E-state index in [0.717, 1.165) is 28.7 Å². The van der Waals surface area contributed by atoms with Gasteiger partial charge in [-0.15, -0.1) is 5.10 Å². The fourth-order valence-electron chi connectivity index (χ4n) is 2.44. The van der Waals surface area contributed by atoms with Gasteiger partial charge in [0.05, 0.1) is 0 Å². The fourth-order valence-corrected chi connectivity index (χ4v) is 2.99. The first-order valence-corrected chi connectivity index (χ1v) is 6.40. The Morgan fingerprint density at radius 2 is 2.29 bits per heavy atom. The van der Waals surface area contributed by atoms with E-state index in [0.29, 0.717) is 0 Å². The molecule has 0 bridgehead atoms. The lowest BCUT2D eigenvalue weighted by molar-refractivity contribution is 0.713. The monoisotopic (exact) mass is 292 g/mol. The second-order valence-electron chi connectivity index (χ2n) is 4.41. The first kappa shape index (κ1) is 10.9. The van der Waals surface area contributed by atoms with Crippen molar-refractivity contribution in [2.75, 3.05) is 0 Å². The summed E-state index contributed by atoms with van der Waals surface area (Å²) >= 11 is 3.43. The van der Waals surface area contributed by atoms with Crippen LogP contribution in [0.3, 0.4) is 0 Å². The van der Waals surface area contributed by atoms with Gasteiger partial charge in [0.15, 0.2) is 4.60 Å². The zero-order chi connectivity index (χ0) is 12.0. The van der Waals surface area contributed by atoms with Crippen molar-refractivity contribution in [2.24, 2.45) is 12.8 Å². The molecule has 1 atom stereocenters. The van der Waals surface area contributed by atoms with Crippen LogP contribution in [0.2, 0.25) is 0 Å². The molecule has 0 saturated carbocycles. The van der Waals surface area contributed by atoms with Gasteiger partial charge in [0.2, 0.25) is 0 Å². The first-order chi connectivity index (χ1) is 8.16. The van der Waals surface area contributed by atoms with E-state index >= 15 is 0 Å². The topological polar surface area (TPSA) is 56.7 Å². The first-order valence-electron chi connectivity index (χ1n) is 5.61. The number of aryl methyl sites for hydroxylation is 2. The summed E-state index contributed by atoms with van der Waals surface area (Å²) in [5.41, 5.74) is 10.8. The zero-order valence-electron chi connectivity index (χ0n) is 9.52. The average molecular weight is 293 g/mol. The van der Waals surface area contributed by atoms with Gasteiger partial charge >= 0.3 is 0 Å². The highest BCUT2D eigenvalue weighted by Crippen LogP contribution is 2.34. The van der Waals surface area contributed by atoms with Crippen LogP contribution in [-0.2, 0) is 13.5 Å². The second kappa shape index (κ2) is 3.92. The van der Waals surface area contributed by atoms with Gasteiger partial charge in [-0.3, -0.25) is 0 Å². The van der Waals surface area contributed by atoms with E-state index in [1.807, 2.05) is 7.05 Å². The highest BCUT2D eigenvalue weighted by molar-refractivity contribution is 9.10. The number of fused-ring (bicyclic) bond motifs is 1. The van der Waals surface area contributed by atoms with Crippen molar-refractivity contribution in [1.29, 1.82) is 0 Å². The normalized spacial score (nSPS) is 18.4. The van der Waals surface area contributed by atoms with Gasteiger partial charge in [-0.2, -0.15) is 0 Å². The molecule has 0 spiro atoms. The van der Waals surface area contributed by atoms with Crippen molar-refractivity contribution in [2.45, 2.75) is 18.9 Å². The van der Waals surface area contributed by atoms with Gasteiger partial charge in [0.25, 0.3) is 0 Å². The van der Waals surface area contributed by atoms with Crippen LogP contribution in [0.1, 0.15) is 23.6 Å². The molecule has 0 radical (unpaired) electrons. The maximum Gasteiger partial charge on any atom is 0.156 e. The van der Waals surface area contributed by atoms with Crippen LogP contribution in [0, 0.1) is 0 Å². The molecule has 5 heteroatoms. The quantitative estimate of drug-likeness (QED) is 0.877. The number of aromatic nitrogens is 3. The van der Waals surface area contributed by atoms with Crippen LogP contribution in [-0.4, -0.2) is 15.0 Å². The lowest BCUT2D eigenvalue weighted by atomic mass is 10.0. The van der Waals surface area contributed by atoms with E-state index in [1.54, 1.807) is 4.68 Å². The molecule has 0 amide bonds. The number of nitrogens with zero attached hydrogens (tertiary/aromatic N) is 3. The maximum absolute atomic E-state index is 6.04. The molecule has 1 aromatic heterocycles. The minimum absolute atomic E-state index is 0.201. The molecule has 0 aliphatic heterocycles. The third-order valence-electron chi connectivity index (χ3n) is 3.33. The van der Waals surface area contributed by atoms with Crippen LogP contribution < -0.4 is 5.73 Å². The smallest absolute Gasteiger partial charge is 0.156 e. The van der Waals surface area contributed by atoms with Crippen molar-refractivity contribution < 1.29 is 0 Å². The molecule has 1 aliphatic rings. The number of hydrogen-bond donors (Lipinski definition) is 1. The number of nitrogens with two attached hydrogens (primary N) is 1. The standard InChI is InChI=1S/C12H13BrN4/c1-17-11(12(13)15-16-17)8-2-4-9-7(6-8)3-5-10(9)14/h2,4,6,10H,3,5,14H2,1H3. The average Bonchev–Trinajstić information content (AvgIpc) is 2.83. The Balaban J connectivity index is 2.12. The molecule has 88 valence electrons. The third kappa shape index (κ3) is 1.70. The van der Waals surface area contributed by atoms with Gasteiger partial charge in [0, 0.05) is 18.7 Å². The largest absolute Gasteiger partial charge is 0.324 e. The molecular weight excluding hydrogens is 280 g/mol.